The van der Waals surface area contributed by atoms with Crippen LogP contribution in [-0.4, -0.2) is 18.4 Å². The summed E-state index contributed by atoms with van der Waals surface area (Å²) in [6.45, 7) is 2.45. The van der Waals surface area contributed by atoms with E-state index in [2.05, 4.69) is 26.6 Å². The zero-order valence-corrected chi connectivity index (χ0v) is 13.2. The highest BCUT2D eigenvalue weighted by Crippen LogP contribution is 2.23. The minimum atomic E-state index is -0.169. The molecule has 2 amide bonds. The van der Waals surface area contributed by atoms with Crippen LogP contribution in [0.25, 0.3) is 0 Å². The van der Waals surface area contributed by atoms with Crippen molar-refractivity contribution in [3.63, 3.8) is 0 Å². The van der Waals surface area contributed by atoms with E-state index in [-0.39, 0.29) is 11.8 Å². The van der Waals surface area contributed by atoms with Gasteiger partial charge in [-0.05, 0) is 58.6 Å². The number of halogens is 1. The summed E-state index contributed by atoms with van der Waals surface area (Å²) < 4.78 is 0.777. The van der Waals surface area contributed by atoms with Gasteiger partial charge < -0.3 is 10.6 Å². The molecule has 0 atom stereocenters. The lowest BCUT2D eigenvalue weighted by Crippen LogP contribution is -2.22. The van der Waals surface area contributed by atoms with Crippen molar-refractivity contribution in [3.8, 4) is 0 Å². The van der Waals surface area contributed by atoms with E-state index in [1.165, 1.54) is 11.3 Å². The SMILES string of the molecule is CCNC(=O)c1ccc(NC(=O)c2sccc2Br)cc1. The number of benzene rings is 1. The second kappa shape index (κ2) is 6.67. The molecule has 0 saturated carbocycles. The Morgan fingerprint density at radius 1 is 1.15 bits per heavy atom. The Bertz CT molecular complexity index is 622. The fourth-order valence-corrected chi connectivity index (χ4v) is 3.06. The van der Waals surface area contributed by atoms with Crippen LogP contribution in [0, 0.1) is 0 Å². The van der Waals surface area contributed by atoms with Crippen LogP contribution in [0.15, 0.2) is 40.2 Å². The molecule has 2 N–H and O–H groups in total. The topological polar surface area (TPSA) is 58.2 Å². The van der Waals surface area contributed by atoms with Crippen molar-refractivity contribution in [3.05, 3.63) is 50.6 Å². The van der Waals surface area contributed by atoms with Gasteiger partial charge in [-0.25, -0.2) is 0 Å². The van der Waals surface area contributed by atoms with E-state index in [9.17, 15) is 9.59 Å². The molecule has 2 aromatic rings. The van der Waals surface area contributed by atoms with Crippen molar-refractivity contribution in [2.75, 3.05) is 11.9 Å². The maximum absolute atomic E-state index is 12.0. The zero-order valence-electron chi connectivity index (χ0n) is 10.8. The highest BCUT2D eigenvalue weighted by molar-refractivity contribution is 9.10. The van der Waals surface area contributed by atoms with E-state index in [1.807, 2.05) is 18.4 Å². The van der Waals surface area contributed by atoms with Gasteiger partial charge in [0.15, 0.2) is 0 Å². The first-order chi connectivity index (χ1) is 9.61. The Balaban J connectivity index is 2.06. The van der Waals surface area contributed by atoms with Gasteiger partial charge in [0.05, 0.1) is 0 Å². The molecule has 0 saturated heterocycles. The number of carbonyl (C=O) groups excluding carboxylic acids is 2. The number of anilines is 1. The first kappa shape index (κ1) is 14.7. The van der Waals surface area contributed by atoms with Crippen LogP contribution in [0.4, 0.5) is 5.69 Å². The monoisotopic (exact) mass is 352 g/mol. The highest BCUT2D eigenvalue weighted by atomic mass is 79.9. The van der Waals surface area contributed by atoms with Crippen LogP contribution in [0.1, 0.15) is 27.0 Å². The zero-order chi connectivity index (χ0) is 14.5. The number of nitrogens with one attached hydrogen (secondary N) is 2. The molecule has 1 aromatic carbocycles. The average molecular weight is 353 g/mol. The molecule has 0 bridgehead atoms. The molecule has 0 aliphatic carbocycles. The maximum Gasteiger partial charge on any atom is 0.266 e. The third kappa shape index (κ3) is 3.46. The Labute approximate surface area is 129 Å². The Kier molecular flexibility index (Phi) is 4.92. The average Bonchev–Trinajstić information content (AvgIpc) is 2.86. The van der Waals surface area contributed by atoms with E-state index in [4.69, 9.17) is 0 Å². The maximum atomic E-state index is 12.0. The van der Waals surface area contributed by atoms with Gasteiger partial charge in [-0.2, -0.15) is 0 Å². The number of hydrogen-bond acceptors (Lipinski definition) is 3. The van der Waals surface area contributed by atoms with Gasteiger partial charge in [0.1, 0.15) is 4.88 Å². The Hall–Kier alpha value is -1.66. The predicted molar refractivity (Wildman–Crippen MR) is 84.4 cm³/mol. The normalized spacial score (nSPS) is 10.1. The number of rotatable bonds is 4. The van der Waals surface area contributed by atoms with Gasteiger partial charge in [-0.3, -0.25) is 9.59 Å². The van der Waals surface area contributed by atoms with Crippen molar-refractivity contribution in [2.45, 2.75) is 6.92 Å². The number of thiophene rings is 1. The Morgan fingerprint density at radius 2 is 1.85 bits per heavy atom. The summed E-state index contributed by atoms with van der Waals surface area (Å²) in [5.41, 5.74) is 1.23. The lowest BCUT2D eigenvalue weighted by atomic mass is 10.2. The van der Waals surface area contributed by atoms with Crippen LogP contribution in [0.3, 0.4) is 0 Å². The molecular formula is C14H13BrN2O2S. The van der Waals surface area contributed by atoms with E-state index in [0.29, 0.717) is 22.7 Å². The first-order valence-electron chi connectivity index (χ1n) is 6.04. The number of amides is 2. The van der Waals surface area contributed by atoms with Gasteiger partial charge >= 0.3 is 0 Å². The molecule has 6 heteroatoms. The molecule has 4 nitrogen and oxygen atoms in total. The molecule has 20 heavy (non-hydrogen) atoms. The quantitative estimate of drug-likeness (QED) is 0.884. The molecule has 0 aliphatic heterocycles. The van der Waals surface area contributed by atoms with Gasteiger partial charge in [-0.15, -0.1) is 11.3 Å². The summed E-state index contributed by atoms with van der Waals surface area (Å²) in [6.07, 6.45) is 0. The fraction of sp³-hybridized carbons (Fsp3) is 0.143. The van der Waals surface area contributed by atoms with Gasteiger partial charge in [0, 0.05) is 22.3 Å². The molecule has 0 radical (unpaired) electrons. The molecular weight excluding hydrogens is 340 g/mol. The highest BCUT2D eigenvalue weighted by Gasteiger charge is 2.12. The second-order valence-electron chi connectivity index (χ2n) is 3.99. The molecule has 1 aromatic heterocycles. The summed E-state index contributed by atoms with van der Waals surface area (Å²) in [5, 5.41) is 7.36. The molecule has 0 unspecified atom stereocenters. The molecule has 1 heterocycles. The third-order valence-corrected chi connectivity index (χ3v) is 4.40. The first-order valence-corrected chi connectivity index (χ1v) is 7.71. The predicted octanol–water partition coefficient (Wildman–Crippen LogP) is 3.51. The minimum Gasteiger partial charge on any atom is -0.352 e. The summed E-state index contributed by atoms with van der Waals surface area (Å²) >= 11 is 4.69. The van der Waals surface area contributed by atoms with Crippen molar-refractivity contribution in [2.24, 2.45) is 0 Å². The van der Waals surface area contributed by atoms with Crippen molar-refractivity contribution >= 4 is 44.8 Å². The Morgan fingerprint density at radius 3 is 2.40 bits per heavy atom. The largest absolute Gasteiger partial charge is 0.352 e. The van der Waals surface area contributed by atoms with Crippen LogP contribution < -0.4 is 10.6 Å². The van der Waals surface area contributed by atoms with E-state index in [1.54, 1.807) is 24.3 Å². The molecule has 2 rings (SSSR count). The summed E-state index contributed by atoms with van der Waals surface area (Å²) in [7, 11) is 0. The number of hydrogen-bond donors (Lipinski definition) is 2. The smallest absolute Gasteiger partial charge is 0.266 e. The molecule has 104 valence electrons. The third-order valence-electron chi connectivity index (χ3n) is 2.57. The van der Waals surface area contributed by atoms with Crippen LogP contribution in [0.5, 0.6) is 0 Å². The molecule has 0 spiro atoms. The van der Waals surface area contributed by atoms with Gasteiger partial charge in [0.25, 0.3) is 11.8 Å². The second-order valence-corrected chi connectivity index (χ2v) is 5.76. The van der Waals surface area contributed by atoms with Crippen molar-refractivity contribution in [1.29, 1.82) is 0 Å². The van der Waals surface area contributed by atoms with E-state index < -0.39 is 0 Å². The summed E-state index contributed by atoms with van der Waals surface area (Å²) in [5.74, 6) is -0.288. The van der Waals surface area contributed by atoms with Crippen LogP contribution >= 0.6 is 27.3 Å². The standard InChI is InChI=1S/C14H13BrN2O2S/c1-2-16-13(18)9-3-5-10(6-4-9)17-14(19)12-11(15)7-8-20-12/h3-8H,2H2,1H3,(H,16,18)(H,17,19). The van der Waals surface area contributed by atoms with Gasteiger partial charge in [-0.1, -0.05) is 0 Å². The van der Waals surface area contributed by atoms with Crippen molar-refractivity contribution < 1.29 is 9.59 Å². The van der Waals surface area contributed by atoms with Crippen LogP contribution in [-0.2, 0) is 0 Å². The number of carbonyl (C=O) groups is 2. The minimum absolute atomic E-state index is 0.119. The van der Waals surface area contributed by atoms with Crippen molar-refractivity contribution in [1.82, 2.24) is 5.32 Å². The van der Waals surface area contributed by atoms with E-state index in [0.717, 1.165) is 4.47 Å². The summed E-state index contributed by atoms with van der Waals surface area (Å²) in [4.78, 5) is 24.2. The fourth-order valence-electron chi connectivity index (χ4n) is 1.61. The van der Waals surface area contributed by atoms with E-state index >= 15 is 0 Å². The lowest BCUT2D eigenvalue weighted by molar-refractivity contribution is 0.0955. The summed E-state index contributed by atoms with van der Waals surface area (Å²) in [6, 6.07) is 8.62. The lowest BCUT2D eigenvalue weighted by Gasteiger charge is -2.06. The molecule has 0 aliphatic rings. The van der Waals surface area contributed by atoms with Crippen LogP contribution in [0.2, 0.25) is 0 Å². The molecule has 0 fully saturated rings. The van der Waals surface area contributed by atoms with Gasteiger partial charge in [0.2, 0.25) is 0 Å².